The Hall–Kier alpha value is -2.07. The summed E-state index contributed by atoms with van der Waals surface area (Å²) >= 11 is 0. The highest BCUT2D eigenvalue weighted by Crippen LogP contribution is 2.21. The number of unbranched alkanes of at least 4 members (excludes halogenated alkanes) is 1. The number of rotatable bonds is 3. The summed E-state index contributed by atoms with van der Waals surface area (Å²) in [7, 11) is 0. The van der Waals surface area contributed by atoms with E-state index in [1.807, 2.05) is 32.9 Å². The highest BCUT2D eigenvalue weighted by Gasteiger charge is 2.19. The first-order chi connectivity index (χ1) is 8.41. The van der Waals surface area contributed by atoms with Crippen LogP contribution in [0.5, 0.6) is 0 Å². The molecule has 0 amide bonds. The van der Waals surface area contributed by atoms with E-state index in [1.165, 1.54) is 0 Å². The lowest BCUT2D eigenvalue weighted by atomic mass is 9.90. The van der Waals surface area contributed by atoms with Crippen molar-refractivity contribution in [3.8, 4) is 12.1 Å². The molecule has 0 radical (unpaired) electrons. The third kappa shape index (κ3) is 2.99. The second-order valence-corrected chi connectivity index (χ2v) is 5.21. The molecule has 0 unspecified atom stereocenters. The van der Waals surface area contributed by atoms with Crippen LogP contribution >= 0.6 is 0 Å². The number of nitriles is 2. The quantitative estimate of drug-likeness (QED) is 0.765. The Kier molecular flexibility index (Phi) is 4.28. The highest BCUT2D eigenvalue weighted by atomic mass is 16.1. The van der Waals surface area contributed by atoms with Crippen LogP contribution in [0.15, 0.2) is 16.9 Å². The van der Waals surface area contributed by atoms with Gasteiger partial charge in [0, 0.05) is 24.1 Å². The molecular formula is C14H17N3O. The molecule has 0 fully saturated rings. The van der Waals surface area contributed by atoms with Crippen LogP contribution in [0.3, 0.4) is 0 Å². The van der Waals surface area contributed by atoms with Gasteiger partial charge in [0.1, 0.15) is 11.6 Å². The number of nitrogens with zero attached hydrogens (tertiary/aromatic N) is 3. The number of hydrogen-bond donors (Lipinski definition) is 0. The molecule has 0 aliphatic rings. The van der Waals surface area contributed by atoms with Gasteiger partial charge in [-0.05, 0) is 18.6 Å². The molecule has 1 heterocycles. The molecule has 0 aromatic carbocycles. The predicted octanol–water partition coefficient (Wildman–Crippen LogP) is 2.32. The molecule has 4 heteroatoms. The minimum Gasteiger partial charge on any atom is -0.311 e. The van der Waals surface area contributed by atoms with Crippen molar-refractivity contribution in [2.75, 3.05) is 0 Å². The summed E-state index contributed by atoms with van der Waals surface area (Å²) in [5, 5.41) is 17.4. The van der Waals surface area contributed by atoms with E-state index >= 15 is 0 Å². The number of hydrogen-bond acceptors (Lipinski definition) is 3. The van der Waals surface area contributed by atoms with E-state index in [4.69, 9.17) is 10.5 Å². The van der Waals surface area contributed by atoms with Crippen LogP contribution < -0.4 is 5.56 Å². The fourth-order valence-corrected chi connectivity index (χ4v) is 1.86. The van der Waals surface area contributed by atoms with Gasteiger partial charge in [0.05, 0.1) is 6.07 Å². The lowest BCUT2D eigenvalue weighted by Gasteiger charge is -2.24. The minimum atomic E-state index is -0.261. The Bertz CT molecular complexity index is 565. The molecular weight excluding hydrogens is 226 g/mol. The van der Waals surface area contributed by atoms with E-state index in [9.17, 15) is 4.79 Å². The van der Waals surface area contributed by atoms with E-state index in [0.717, 1.165) is 5.69 Å². The molecule has 0 aliphatic heterocycles. The molecule has 1 aromatic rings. The van der Waals surface area contributed by atoms with E-state index in [1.54, 1.807) is 10.6 Å². The normalized spacial score (nSPS) is 10.7. The molecule has 1 aromatic heterocycles. The average Bonchev–Trinajstić information content (AvgIpc) is 2.29. The first kappa shape index (κ1) is 14.0. The third-order valence-corrected chi connectivity index (χ3v) is 2.73. The molecule has 94 valence electrons. The Balaban J connectivity index is 3.29. The molecule has 18 heavy (non-hydrogen) atoms. The van der Waals surface area contributed by atoms with E-state index in [-0.39, 0.29) is 16.5 Å². The summed E-state index contributed by atoms with van der Waals surface area (Å²) < 4.78 is 1.62. The topological polar surface area (TPSA) is 69.6 Å². The maximum absolute atomic E-state index is 12.1. The molecule has 0 saturated heterocycles. The summed E-state index contributed by atoms with van der Waals surface area (Å²) in [6, 6.07) is 7.37. The van der Waals surface area contributed by atoms with Crippen molar-refractivity contribution >= 4 is 0 Å². The second-order valence-electron chi connectivity index (χ2n) is 5.21. The van der Waals surface area contributed by atoms with Gasteiger partial charge in [0.2, 0.25) is 0 Å². The largest absolute Gasteiger partial charge is 0.311 e. The van der Waals surface area contributed by atoms with Crippen molar-refractivity contribution in [2.24, 2.45) is 0 Å². The fraction of sp³-hybridized carbons (Fsp3) is 0.500. The maximum atomic E-state index is 12.1. The molecule has 0 bridgehead atoms. The lowest BCUT2D eigenvalue weighted by Crippen LogP contribution is -2.31. The molecule has 0 N–H and O–H groups in total. The van der Waals surface area contributed by atoms with Gasteiger partial charge in [0.15, 0.2) is 0 Å². The molecule has 0 aliphatic carbocycles. The van der Waals surface area contributed by atoms with Gasteiger partial charge in [-0.2, -0.15) is 10.5 Å². The standard InChI is InChI=1S/C14H17N3O/c1-14(2,3)12-7-6-11(10-16)13(18)17(12)9-5-4-8-15/h6-7H,4-5,9H2,1-3H3. The lowest BCUT2D eigenvalue weighted by molar-refractivity contribution is 0.492. The second kappa shape index (κ2) is 5.51. The van der Waals surface area contributed by atoms with Crippen LogP contribution in [-0.4, -0.2) is 4.57 Å². The van der Waals surface area contributed by atoms with Crippen molar-refractivity contribution in [1.29, 1.82) is 10.5 Å². The van der Waals surface area contributed by atoms with Gasteiger partial charge in [-0.25, -0.2) is 0 Å². The van der Waals surface area contributed by atoms with Gasteiger partial charge in [-0.15, -0.1) is 0 Å². The molecule has 0 atom stereocenters. The average molecular weight is 243 g/mol. The first-order valence-corrected chi connectivity index (χ1v) is 5.93. The first-order valence-electron chi connectivity index (χ1n) is 5.93. The Labute approximate surface area is 107 Å². The SMILES string of the molecule is CC(C)(C)c1ccc(C#N)c(=O)n1CCCC#N. The number of pyridine rings is 1. The van der Waals surface area contributed by atoms with Crippen LogP contribution in [0, 0.1) is 22.7 Å². The zero-order valence-electron chi connectivity index (χ0n) is 11.0. The summed E-state index contributed by atoms with van der Waals surface area (Å²) in [4.78, 5) is 12.1. The number of aromatic nitrogens is 1. The van der Waals surface area contributed by atoms with Gasteiger partial charge >= 0.3 is 0 Å². The highest BCUT2D eigenvalue weighted by molar-refractivity contribution is 5.29. The van der Waals surface area contributed by atoms with Crippen molar-refractivity contribution in [2.45, 2.75) is 45.6 Å². The minimum absolute atomic E-state index is 0.153. The van der Waals surface area contributed by atoms with Crippen LogP contribution in [0.1, 0.15) is 44.9 Å². The maximum Gasteiger partial charge on any atom is 0.268 e. The Morgan fingerprint density at radius 1 is 1.28 bits per heavy atom. The van der Waals surface area contributed by atoms with E-state index < -0.39 is 0 Å². The van der Waals surface area contributed by atoms with Crippen molar-refractivity contribution in [1.82, 2.24) is 4.57 Å². The van der Waals surface area contributed by atoms with E-state index in [0.29, 0.717) is 19.4 Å². The van der Waals surface area contributed by atoms with Crippen LogP contribution in [0.2, 0.25) is 0 Å². The zero-order chi connectivity index (χ0) is 13.8. The van der Waals surface area contributed by atoms with Gasteiger partial charge in [0.25, 0.3) is 5.56 Å². The summed E-state index contributed by atoms with van der Waals surface area (Å²) in [5.41, 5.74) is 0.618. The summed E-state index contributed by atoms with van der Waals surface area (Å²) in [6.07, 6.45) is 1.03. The van der Waals surface area contributed by atoms with Gasteiger partial charge < -0.3 is 4.57 Å². The smallest absolute Gasteiger partial charge is 0.268 e. The van der Waals surface area contributed by atoms with Crippen LogP contribution in [0.4, 0.5) is 0 Å². The van der Waals surface area contributed by atoms with Crippen molar-refractivity contribution < 1.29 is 0 Å². The zero-order valence-corrected chi connectivity index (χ0v) is 11.0. The summed E-state index contributed by atoms with van der Waals surface area (Å²) in [5.74, 6) is 0. The summed E-state index contributed by atoms with van der Waals surface area (Å²) in [6.45, 7) is 6.55. The Morgan fingerprint density at radius 3 is 2.44 bits per heavy atom. The van der Waals surface area contributed by atoms with E-state index in [2.05, 4.69) is 6.07 Å². The third-order valence-electron chi connectivity index (χ3n) is 2.73. The predicted molar refractivity (Wildman–Crippen MR) is 69.0 cm³/mol. The van der Waals surface area contributed by atoms with Crippen LogP contribution in [0.25, 0.3) is 0 Å². The molecule has 0 saturated carbocycles. The van der Waals surface area contributed by atoms with Gasteiger partial charge in [-0.3, -0.25) is 4.79 Å². The van der Waals surface area contributed by atoms with Gasteiger partial charge in [-0.1, -0.05) is 20.8 Å². The fourth-order valence-electron chi connectivity index (χ4n) is 1.86. The Morgan fingerprint density at radius 2 is 1.94 bits per heavy atom. The van der Waals surface area contributed by atoms with Crippen molar-refractivity contribution in [3.05, 3.63) is 33.7 Å². The van der Waals surface area contributed by atoms with Crippen molar-refractivity contribution in [3.63, 3.8) is 0 Å². The molecule has 0 spiro atoms. The molecule has 1 rings (SSSR count). The van der Waals surface area contributed by atoms with Crippen LogP contribution in [-0.2, 0) is 12.0 Å². The monoisotopic (exact) mass is 243 g/mol. The molecule has 4 nitrogen and oxygen atoms in total.